The Kier molecular flexibility index (Phi) is 4.20. The molecule has 0 heterocycles. The molecule has 3 nitrogen and oxygen atoms in total. The molecule has 2 aromatic carbocycles. The van der Waals surface area contributed by atoms with Crippen LogP contribution in [0.15, 0.2) is 60.7 Å². The summed E-state index contributed by atoms with van der Waals surface area (Å²) in [6.45, 7) is 1.74. The zero-order valence-corrected chi connectivity index (χ0v) is 11.4. The van der Waals surface area contributed by atoms with E-state index in [0.717, 1.165) is 11.1 Å². The second-order valence-corrected chi connectivity index (χ2v) is 5.02. The molecule has 2 N–H and O–H groups in total. The standard InChI is InChI=1S/C17H18O3/c1-13(15-10-6-3-7-11-15)17(20,16(18)19)12-14-8-4-2-5-9-14/h2-11,13,20H,12H2,1H3,(H,18,19). The zero-order chi connectivity index (χ0) is 14.6. The van der Waals surface area contributed by atoms with E-state index in [-0.39, 0.29) is 6.42 Å². The van der Waals surface area contributed by atoms with E-state index in [2.05, 4.69) is 0 Å². The molecule has 0 aliphatic carbocycles. The Morgan fingerprint density at radius 2 is 1.55 bits per heavy atom. The summed E-state index contributed by atoms with van der Waals surface area (Å²) in [7, 11) is 0. The van der Waals surface area contributed by atoms with Crippen molar-refractivity contribution in [3.63, 3.8) is 0 Å². The van der Waals surface area contributed by atoms with E-state index in [9.17, 15) is 15.0 Å². The molecule has 0 amide bonds. The van der Waals surface area contributed by atoms with Gasteiger partial charge in [-0.15, -0.1) is 0 Å². The SMILES string of the molecule is CC(c1ccccc1)C(O)(Cc1ccccc1)C(=O)O. The minimum Gasteiger partial charge on any atom is -0.479 e. The summed E-state index contributed by atoms with van der Waals surface area (Å²) in [4.78, 5) is 11.6. The van der Waals surface area contributed by atoms with E-state index in [1.807, 2.05) is 60.7 Å². The van der Waals surface area contributed by atoms with Gasteiger partial charge in [0.15, 0.2) is 5.60 Å². The minimum atomic E-state index is -1.82. The molecule has 2 unspecified atom stereocenters. The molecule has 2 aromatic rings. The van der Waals surface area contributed by atoms with Gasteiger partial charge in [0.1, 0.15) is 0 Å². The third-order valence-electron chi connectivity index (χ3n) is 3.70. The highest BCUT2D eigenvalue weighted by Crippen LogP contribution is 2.31. The largest absolute Gasteiger partial charge is 0.479 e. The van der Waals surface area contributed by atoms with Crippen LogP contribution in [0.3, 0.4) is 0 Å². The van der Waals surface area contributed by atoms with E-state index in [1.54, 1.807) is 6.92 Å². The number of hydrogen-bond acceptors (Lipinski definition) is 2. The van der Waals surface area contributed by atoms with Crippen LogP contribution in [0.5, 0.6) is 0 Å². The van der Waals surface area contributed by atoms with Crippen molar-refractivity contribution in [3.05, 3.63) is 71.8 Å². The molecular formula is C17H18O3. The maximum Gasteiger partial charge on any atom is 0.336 e. The fourth-order valence-corrected chi connectivity index (χ4v) is 2.34. The number of hydrogen-bond donors (Lipinski definition) is 2. The van der Waals surface area contributed by atoms with Crippen molar-refractivity contribution in [1.82, 2.24) is 0 Å². The van der Waals surface area contributed by atoms with Crippen molar-refractivity contribution in [3.8, 4) is 0 Å². The number of carbonyl (C=O) groups is 1. The fourth-order valence-electron chi connectivity index (χ4n) is 2.34. The number of aliphatic hydroxyl groups is 1. The van der Waals surface area contributed by atoms with Gasteiger partial charge in [0.25, 0.3) is 0 Å². The summed E-state index contributed by atoms with van der Waals surface area (Å²) in [5.41, 5.74) is -0.198. The summed E-state index contributed by atoms with van der Waals surface area (Å²) in [6.07, 6.45) is 0.0826. The summed E-state index contributed by atoms with van der Waals surface area (Å²) in [5.74, 6) is -1.70. The molecule has 0 bridgehead atoms. The molecular weight excluding hydrogens is 252 g/mol. The monoisotopic (exact) mass is 270 g/mol. The van der Waals surface area contributed by atoms with E-state index >= 15 is 0 Å². The summed E-state index contributed by atoms with van der Waals surface area (Å²) >= 11 is 0. The predicted molar refractivity (Wildman–Crippen MR) is 77.6 cm³/mol. The van der Waals surface area contributed by atoms with Crippen LogP contribution in [0.4, 0.5) is 0 Å². The predicted octanol–water partition coefficient (Wildman–Crippen LogP) is 2.85. The molecule has 2 atom stereocenters. The molecule has 0 aliphatic heterocycles. The Labute approximate surface area is 118 Å². The van der Waals surface area contributed by atoms with Crippen LogP contribution in [0, 0.1) is 0 Å². The molecule has 3 heteroatoms. The fraction of sp³-hybridized carbons (Fsp3) is 0.235. The molecule has 0 radical (unpaired) electrons. The van der Waals surface area contributed by atoms with Crippen molar-refractivity contribution < 1.29 is 15.0 Å². The lowest BCUT2D eigenvalue weighted by Gasteiger charge is -2.30. The van der Waals surface area contributed by atoms with Crippen LogP contribution in [-0.4, -0.2) is 21.8 Å². The van der Waals surface area contributed by atoms with Gasteiger partial charge in [-0.1, -0.05) is 67.6 Å². The van der Waals surface area contributed by atoms with Gasteiger partial charge in [-0.3, -0.25) is 0 Å². The topological polar surface area (TPSA) is 57.5 Å². The maximum absolute atomic E-state index is 11.6. The molecule has 0 spiro atoms. The number of benzene rings is 2. The normalized spacial score (nSPS) is 15.3. The molecule has 0 fully saturated rings. The summed E-state index contributed by atoms with van der Waals surface area (Å²) in [6, 6.07) is 18.4. The van der Waals surface area contributed by atoms with Crippen molar-refractivity contribution in [2.45, 2.75) is 24.9 Å². The third-order valence-corrected chi connectivity index (χ3v) is 3.70. The van der Waals surface area contributed by atoms with Gasteiger partial charge < -0.3 is 10.2 Å². The Balaban J connectivity index is 2.32. The van der Waals surface area contributed by atoms with E-state index in [1.165, 1.54) is 0 Å². The van der Waals surface area contributed by atoms with E-state index in [0.29, 0.717) is 0 Å². The Hall–Kier alpha value is -2.13. The van der Waals surface area contributed by atoms with Gasteiger partial charge in [0.05, 0.1) is 0 Å². The smallest absolute Gasteiger partial charge is 0.336 e. The maximum atomic E-state index is 11.6. The van der Waals surface area contributed by atoms with E-state index < -0.39 is 17.5 Å². The molecule has 0 aliphatic rings. The lowest BCUT2D eigenvalue weighted by atomic mass is 9.79. The molecule has 0 aromatic heterocycles. The van der Waals surface area contributed by atoms with Crippen LogP contribution < -0.4 is 0 Å². The Morgan fingerprint density at radius 3 is 2.05 bits per heavy atom. The minimum absolute atomic E-state index is 0.0826. The van der Waals surface area contributed by atoms with E-state index in [4.69, 9.17) is 0 Å². The average molecular weight is 270 g/mol. The van der Waals surface area contributed by atoms with Gasteiger partial charge in [-0.2, -0.15) is 0 Å². The van der Waals surface area contributed by atoms with Crippen LogP contribution in [0.25, 0.3) is 0 Å². The van der Waals surface area contributed by atoms with Gasteiger partial charge in [0, 0.05) is 12.3 Å². The van der Waals surface area contributed by atoms with Crippen molar-refractivity contribution in [1.29, 1.82) is 0 Å². The highest BCUT2D eigenvalue weighted by molar-refractivity contribution is 5.79. The lowest BCUT2D eigenvalue weighted by molar-refractivity contribution is -0.160. The highest BCUT2D eigenvalue weighted by Gasteiger charge is 2.42. The van der Waals surface area contributed by atoms with Crippen LogP contribution >= 0.6 is 0 Å². The van der Waals surface area contributed by atoms with Gasteiger partial charge in [0.2, 0.25) is 0 Å². The molecule has 0 saturated carbocycles. The molecule has 2 rings (SSSR count). The number of carboxylic acid groups (broad SMARTS) is 1. The van der Waals surface area contributed by atoms with Crippen molar-refractivity contribution in [2.75, 3.05) is 0 Å². The first-order chi connectivity index (χ1) is 9.54. The van der Waals surface area contributed by atoms with Gasteiger partial charge in [-0.05, 0) is 11.1 Å². The Morgan fingerprint density at radius 1 is 1.05 bits per heavy atom. The summed E-state index contributed by atoms with van der Waals surface area (Å²) in [5, 5.41) is 20.1. The quantitative estimate of drug-likeness (QED) is 0.878. The number of aliphatic carboxylic acids is 1. The van der Waals surface area contributed by atoms with Gasteiger partial charge in [-0.25, -0.2) is 4.79 Å². The Bertz CT molecular complexity index is 565. The first-order valence-corrected chi connectivity index (χ1v) is 6.58. The van der Waals surface area contributed by atoms with Crippen molar-refractivity contribution >= 4 is 5.97 Å². The van der Waals surface area contributed by atoms with Gasteiger partial charge >= 0.3 is 5.97 Å². The number of carboxylic acids is 1. The van der Waals surface area contributed by atoms with Crippen LogP contribution in [-0.2, 0) is 11.2 Å². The van der Waals surface area contributed by atoms with Crippen molar-refractivity contribution in [2.24, 2.45) is 0 Å². The third kappa shape index (κ3) is 2.89. The van der Waals surface area contributed by atoms with Crippen LogP contribution in [0.2, 0.25) is 0 Å². The first-order valence-electron chi connectivity index (χ1n) is 6.58. The second-order valence-electron chi connectivity index (χ2n) is 5.02. The zero-order valence-electron chi connectivity index (χ0n) is 11.4. The first kappa shape index (κ1) is 14.3. The second kappa shape index (κ2) is 5.88. The highest BCUT2D eigenvalue weighted by atomic mass is 16.4. The van der Waals surface area contributed by atoms with Crippen LogP contribution in [0.1, 0.15) is 24.0 Å². The number of rotatable bonds is 5. The molecule has 0 saturated heterocycles. The molecule has 104 valence electrons. The lowest BCUT2D eigenvalue weighted by Crippen LogP contribution is -2.45. The molecule has 20 heavy (non-hydrogen) atoms. The summed E-state index contributed by atoms with van der Waals surface area (Å²) < 4.78 is 0. The average Bonchev–Trinajstić information content (AvgIpc) is 2.48.